The van der Waals surface area contributed by atoms with Crippen molar-refractivity contribution in [2.45, 2.75) is 13.0 Å². The molecule has 0 aliphatic carbocycles. The van der Waals surface area contributed by atoms with Crippen LogP contribution in [0.15, 0.2) is 65.6 Å². The second-order valence-corrected chi connectivity index (χ2v) is 7.31. The first-order valence-electron chi connectivity index (χ1n) is 8.87. The zero-order valence-electron chi connectivity index (χ0n) is 14.3. The average Bonchev–Trinajstić information content (AvgIpc) is 3.10. The van der Waals surface area contributed by atoms with Gasteiger partial charge >= 0.3 is 0 Å². The molecular weight excluding hydrogens is 326 g/mol. The second-order valence-electron chi connectivity index (χ2n) is 6.53. The molecule has 0 unspecified atom stereocenters. The maximum atomic E-state index is 4.12. The van der Waals surface area contributed by atoms with E-state index < -0.39 is 0 Å². The smallest absolute Gasteiger partial charge is 0.0397 e. The van der Waals surface area contributed by atoms with E-state index in [4.69, 9.17) is 0 Å². The van der Waals surface area contributed by atoms with Crippen LogP contribution in [0.4, 0.5) is 5.69 Å². The van der Waals surface area contributed by atoms with E-state index in [-0.39, 0.29) is 0 Å². The van der Waals surface area contributed by atoms with Gasteiger partial charge in [-0.2, -0.15) is 11.3 Å². The fourth-order valence-corrected chi connectivity index (χ4v) is 4.10. The number of hydrogen-bond acceptors (Lipinski definition) is 4. The third kappa shape index (κ3) is 4.09. The van der Waals surface area contributed by atoms with E-state index in [2.05, 4.69) is 68.0 Å². The van der Waals surface area contributed by atoms with Gasteiger partial charge in [0.2, 0.25) is 0 Å². The molecule has 3 heterocycles. The summed E-state index contributed by atoms with van der Waals surface area (Å²) in [7, 11) is 0. The van der Waals surface area contributed by atoms with Gasteiger partial charge in [0.15, 0.2) is 0 Å². The van der Waals surface area contributed by atoms with E-state index in [1.54, 1.807) is 11.3 Å². The molecule has 0 N–H and O–H groups in total. The number of nitrogens with zero attached hydrogens (tertiary/aromatic N) is 3. The number of anilines is 1. The number of hydrogen-bond donors (Lipinski definition) is 0. The molecule has 0 amide bonds. The van der Waals surface area contributed by atoms with Crippen molar-refractivity contribution in [1.29, 1.82) is 0 Å². The van der Waals surface area contributed by atoms with Gasteiger partial charge in [-0.3, -0.25) is 9.88 Å². The summed E-state index contributed by atoms with van der Waals surface area (Å²) < 4.78 is 0. The normalized spacial score (nSPS) is 15.9. The second kappa shape index (κ2) is 7.81. The third-order valence-electron chi connectivity index (χ3n) is 4.83. The highest BCUT2D eigenvalue weighted by Gasteiger charge is 2.15. The van der Waals surface area contributed by atoms with Crippen LogP contribution in [0.25, 0.3) is 11.1 Å². The summed E-state index contributed by atoms with van der Waals surface area (Å²) in [5, 5.41) is 4.34. The number of thiophene rings is 1. The molecule has 1 aliphatic heterocycles. The van der Waals surface area contributed by atoms with Gasteiger partial charge in [0.1, 0.15) is 0 Å². The lowest BCUT2D eigenvalue weighted by molar-refractivity contribution is 0.285. The highest BCUT2D eigenvalue weighted by Crippen LogP contribution is 2.23. The number of benzene rings is 1. The molecule has 128 valence electrons. The molecule has 3 aromatic rings. The largest absolute Gasteiger partial charge is 0.370 e. The molecule has 0 saturated carbocycles. The van der Waals surface area contributed by atoms with Crippen molar-refractivity contribution < 1.29 is 0 Å². The minimum Gasteiger partial charge on any atom is -0.370 e. The zero-order valence-corrected chi connectivity index (χ0v) is 15.2. The lowest BCUT2D eigenvalue weighted by Crippen LogP contribution is -2.30. The molecule has 0 atom stereocenters. The lowest BCUT2D eigenvalue weighted by atomic mass is 10.1. The molecule has 1 fully saturated rings. The fraction of sp³-hybridized carbons (Fsp3) is 0.286. The van der Waals surface area contributed by atoms with E-state index in [1.807, 2.05) is 12.4 Å². The van der Waals surface area contributed by atoms with Crippen LogP contribution in [0, 0.1) is 0 Å². The van der Waals surface area contributed by atoms with Crippen LogP contribution in [0.5, 0.6) is 0 Å². The van der Waals surface area contributed by atoms with Crippen molar-refractivity contribution in [2.75, 3.05) is 31.1 Å². The third-order valence-corrected chi connectivity index (χ3v) is 5.51. The Morgan fingerprint density at radius 3 is 2.44 bits per heavy atom. The number of aromatic nitrogens is 1. The summed E-state index contributed by atoms with van der Waals surface area (Å²) in [6, 6.07) is 15.5. The van der Waals surface area contributed by atoms with Crippen molar-refractivity contribution >= 4 is 17.0 Å². The first-order chi connectivity index (χ1) is 12.4. The van der Waals surface area contributed by atoms with Crippen LogP contribution in [-0.4, -0.2) is 36.1 Å². The van der Waals surface area contributed by atoms with Gasteiger partial charge in [-0.05, 0) is 52.1 Å². The highest BCUT2D eigenvalue weighted by molar-refractivity contribution is 7.08. The summed E-state index contributed by atoms with van der Waals surface area (Å²) in [5.41, 5.74) is 5.32. The quantitative estimate of drug-likeness (QED) is 0.690. The predicted octanol–water partition coefficient (Wildman–Crippen LogP) is 4.52. The van der Waals surface area contributed by atoms with Crippen LogP contribution in [0.3, 0.4) is 0 Å². The van der Waals surface area contributed by atoms with Gasteiger partial charge < -0.3 is 4.90 Å². The summed E-state index contributed by atoms with van der Waals surface area (Å²) in [6.07, 6.45) is 4.97. The van der Waals surface area contributed by atoms with Gasteiger partial charge in [0.05, 0.1) is 0 Å². The fourth-order valence-electron chi connectivity index (χ4n) is 3.43. The van der Waals surface area contributed by atoms with E-state index in [0.29, 0.717) is 0 Å². The Hall–Kier alpha value is -2.17. The molecule has 2 aromatic heterocycles. The van der Waals surface area contributed by atoms with Crippen molar-refractivity contribution in [3.63, 3.8) is 0 Å². The molecule has 4 heteroatoms. The Labute approximate surface area is 153 Å². The molecule has 25 heavy (non-hydrogen) atoms. The molecule has 3 nitrogen and oxygen atoms in total. The van der Waals surface area contributed by atoms with E-state index >= 15 is 0 Å². The van der Waals surface area contributed by atoms with Crippen molar-refractivity contribution in [3.8, 4) is 11.1 Å². The van der Waals surface area contributed by atoms with Crippen LogP contribution < -0.4 is 4.90 Å². The SMILES string of the molecule is c1cc(N2CCCN(Cc3ccc(-c4ccsc4)cc3)CC2)ccn1. The summed E-state index contributed by atoms with van der Waals surface area (Å²) in [4.78, 5) is 9.17. The maximum Gasteiger partial charge on any atom is 0.0397 e. The van der Waals surface area contributed by atoms with Crippen LogP contribution in [-0.2, 0) is 6.54 Å². The Morgan fingerprint density at radius 2 is 1.68 bits per heavy atom. The molecule has 0 bridgehead atoms. The van der Waals surface area contributed by atoms with E-state index in [1.165, 1.54) is 28.8 Å². The molecule has 1 saturated heterocycles. The lowest BCUT2D eigenvalue weighted by Gasteiger charge is -2.23. The number of pyridine rings is 1. The first-order valence-corrected chi connectivity index (χ1v) is 9.81. The van der Waals surface area contributed by atoms with E-state index in [9.17, 15) is 0 Å². The molecule has 1 aromatic carbocycles. The topological polar surface area (TPSA) is 19.4 Å². The molecule has 4 rings (SSSR count). The molecule has 1 aliphatic rings. The Balaban J connectivity index is 1.37. The standard InChI is InChI=1S/C21H23N3S/c1-11-23(13-14-24(12-1)21-6-9-22-10-7-21)16-18-2-4-19(5-3-18)20-8-15-25-17-20/h2-10,15,17H,1,11-14,16H2. The Kier molecular flexibility index (Phi) is 5.09. The zero-order chi connectivity index (χ0) is 16.9. The Bertz CT molecular complexity index is 769. The molecule has 0 spiro atoms. The maximum absolute atomic E-state index is 4.12. The summed E-state index contributed by atoms with van der Waals surface area (Å²) in [6.45, 7) is 5.51. The summed E-state index contributed by atoms with van der Waals surface area (Å²) >= 11 is 1.75. The van der Waals surface area contributed by atoms with Crippen molar-refractivity contribution in [1.82, 2.24) is 9.88 Å². The van der Waals surface area contributed by atoms with Gasteiger partial charge in [0.25, 0.3) is 0 Å². The van der Waals surface area contributed by atoms with Gasteiger partial charge in [0, 0.05) is 50.8 Å². The van der Waals surface area contributed by atoms with E-state index in [0.717, 1.165) is 32.7 Å². The Morgan fingerprint density at radius 1 is 0.840 bits per heavy atom. The van der Waals surface area contributed by atoms with Gasteiger partial charge in [-0.25, -0.2) is 0 Å². The predicted molar refractivity (Wildman–Crippen MR) is 106 cm³/mol. The minimum absolute atomic E-state index is 1.04. The van der Waals surface area contributed by atoms with Crippen LogP contribution >= 0.6 is 11.3 Å². The highest BCUT2D eigenvalue weighted by atomic mass is 32.1. The molecule has 0 radical (unpaired) electrons. The average molecular weight is 350 g/mol. The monoisotopic (exact) mass is 349 g/mol. The molecular formula is C21H23N3S. The van der Waals surface area contributed by atoms with Crippen molar-refractivity contribution in [2.24, 2.45) is 0 Å². The minimum atomic E-state index is 1.04. The van der Waals surface area contributed by atoms with Crippen LogP contribution in [0.2, 0.25) is 0 Å². The summed E-state index contributed by atoms with van der Waals surface area (Å²) in [5.74, 6) is 0. The first kappa shape index (κ1) is 16.3. The van der Waals surface area contributed by atoms with Crippen LogP contribution in [0.1, 0.15) is 12.0 Å². The van der Waals surface area contributed by atoms with Gasteiger partial charge in [-0.1, -0.05) is 24.3 Å². The van der Waals surface area contributed by atoms with Gasteiger partial charge in [-0.15, -0.1) is 0 Å². The number of rotatable bonds is 4. The van der Waals surface area contributed by atoms with Crippen molar-refractivity contribution in [3.05, 3.63) is 71.2 Å².